The fourth-order valence-electron chi connectivity index (χ4n) is 12.8. The Kier molecular flexibility index (Phi) is 25.4. The average Bonchev–Trinajstić information content (AvgIpc) is 1.63. The molecule has 5 fully saturated rings. The molecular weight excluding hydrogens is 1650 g/mol. The fraction of sp³-hybridized carbons (Fsp3) is 0.600. The van der Waals surface area contributed by atoms with E-state index in [0.717, 1.165) is 9.13 Å². The molecular formula is C55H76N17O27P5S5. The number of imidazole rings is 2. The number of nitrogens with zero attached hydrogens (tertiary/aromatic N) is 10. The lowest BCUT2D eigenvalue weighted by Crippen LogP contribution is -2.33. The number of aromatic amines is 4. The minimum absolute atomic E-state index is 0.0146. The normalized spacial score (nSPS) is 28.8. The van der Waals surface area contributed by atoms with Crippen molar-refractivity contribution in [2.45, 2.75) is 166 Å². The largest absolute Gasteiger partial charge is 0.386 e. The van der Waals surface area contributed by atoms with Gasteiger partial charge in [0.1, 0.15) is 67.5 Å². The molecule has 20 atom stereocenters. The van der Waals surface area contributed by atoms with Gasteiger partial charge >= 0.3 is 50.7 Å². The number of hydrogen-bond donors (Lipinski definition) is 12. The highest BCUT2D eigenvalue weighted by molar-refractivity contribution is 8.44. The molecule has 44 nitrogen and oxygen atoms in total. The molecule has 598 valence electrons. The number of hydrogen-bond acceptors (Lipinski definition) is 35. The molecule has 0 spiro atoms. The first-order valence-electron chi connectivity index (χ1n) is 33.2. The molecule has 5 aliphatic heterocycles. The van der Waals surface area contributed by atoms with E-state index >= 15 is 0 Å². The maximum absolute atomic E-state index is 14.8. The Balaban J connectivity index is 0.758. The summed E-state index contributed by atoms with van der Waals surface area (Å²) in [6, 6.07) is 1.44. The number of H-pyrrole nitrogens is 4. The topological polar surface area (TPSA) is 586 Å². The second-order valence-corrected chi connectivity index (χ2v) is 40.4. The Morgan fingerprint density at radius 1 is 0.514 bits per heavy atom. The van der Waals surface area contributed by atoms with Crippen LogP contribution in [0.3, 0.4) is 0 Å². The van der Waals surface area contributed by atoms with E-state index in [9.17, 15) is 57.7 Å². The van der Waals surface area contributed by atoms with Gasteiger partial charge in [-0.15, -0.1) is 0 Å². The van der Waals surface area contributed by atoms with Crippen molar-refractivity contribution in [3.63, 3.8) is 0 Å². The summed E-state index contributed by atoms with van der Waals surface area (Å²) in [6.07, 6.45) is -12.0. The van der Waals surface area contributed by atoms with Gasteiger partial charge in [0.15, 0.2) is 22.3 Å². The SMILES string of the molecule is Cc1cn([C@H]2C[C@@H](OP(O)(=S)OC[C@H]3O[C@@H](n4ccc(N)nc4=O)C[C@H]3C(C)C)[C@@H](COP(=O)(S)O[C@@H]3C[C@H](n4cnc5c(=O)[nH]c(N)nc54)O[C@@H]3COP(O)(=S)O[C@@H]3C[C@H](n4cc(C)c(=O)[nH]c4=O)O[C@@H]3COP(O)(=S)O[C@@H]3C[C@H](n4cnc5c(=O)[nH]c(N)nc54)O[C@@H]3COP(O)(=S)OC(C)C)O2)c(=O)[nH]c1=O. The third kappa shape index (κ3) is 19.9. The number of nitrogen functional groups attached to an aromatic ring is 3. The molecule has 14 N–H and O–H groups in total. The first-order chi connectivity index (χ1) is 51.2. The highest BCUT2D eigenvalue weighted by atomic mass is 32.7. The van der Waals surface area contributed by atoms with Gasteiger partial charge in [-0.1, -0.05) is 26.1 Å². The zero-order valence-electron chi connectivity index (χ0n) is 58.0. The molecule has 12 rings (SSSR count). The summed E-state index contributed by atoms with van der Waals surface area (Å²) < 4.78 is 111. The number of anilines is 3. The van der Waals surface area contributed by atoms with E-state index in [1.807, 2.05) is 13.8 Å². The molecule has 5 saturated heterocycles. The molecule has 0 radical (unpaired) electrons. The molecule has 0 aromatic carbocycles. The van der Waals surface area contributed by atoms with Crippen LogP contribution >= 0.6 is 45.9 Å². The summed E-state index contributed by atoms with van der Waals surface area (Å²) in [5, 5.41) is 0. The molecule has 7 aromatic heterocycles. The Hall–Kier alpha value is -5.24. The molecule has 0 saturated carbocycles. The van der Waals surface area contributed by atoms with Gasteiger partial charge in [0.05, 0.1) is 76.2 Å². The van der Waals surface area contributed by atoms with Gasteiger partial charge in [-0.2, -0.15) is 15.0 Å². The van der Waals surface area contributed by atoms with Crippen molar-refractivity contribution in [2.24, 2.45) is 11.8 Å². The summed E-state index contributed by atoms with van der Waals surface area (Å²) in [4.78, 5) is 166. The number of ether oxygens (including phenoxy) is 5. The first-order valence-corrected chi connectivity index (χ1v) is 46.2. The van der Waals surface area contributed by atoms with Crippen molar-refractivity contribution >= 4 is 133 Å². The van der Waals surface area contributed by atoms with E-state index in [4.69, 9.17) is 133 Å². The van der Waals surface area contributed by atoms with Crippen molar-refractivity contribution in [1.29, 1.82) is 0 Å². The lowest BCUT2D eigenvalue weighted by molar-refractivity contribution is -0.0552. The van der Waals surface area contributed by atoms with Crippen LogP contribution in [0.15, 0.2) is 70.9 Å². The molecule has 5 aliphatic rings. The predicted molar refractivity (Wildman–Crippen MR) is 399 cm³/mol. The van der Waals surface area contributed by atoms with Crippen molar-refractivity contribution in [2.75, 3.05) is 50.2 Å². The van der Waals surface area contributed by atoms with E-state index in [1.165, 1.54) is 64.9 Å². The number of aromatic nitrogens is 14. The van der Waals surface area contributed by atoms with Gasteiger partial charge in [-0.25, -0.2) is 28.9 Å². The lowest BCUT2D eigenvalue weighted by Gasteiger charge is -2.28. The fourth-order valence-corrected chi connectivity index (χ4v) is 20.4. The van der Waals surface area contributed by atoms with Crippen molar-refractivity contribution in [3.05, 3.63) is 121 Å². The third-order valence-electron chi connectivity index (χ3n) is 17.9. The van der Waals surface area contributed by atoms with E-state index in [-0.39, 0.29) is 95.3 Å². The van der Waals surface area contributed by atoms with Gasteiger partial charge in [0, 0.05) is 55.4 Å². The second kappa shape index (κ2) is 33.3. The highest BCUT2D eigenvalue weighted by Gasteiger charge is 2.49. The Labute approximate surface area is 639 Å². The lowest BCUT2D eigenvalue weighted by atomic mass is 9.89. The van der Waals surface area contributed by atoms with E-state index in [0.29, 0.717) is 6.42 Å². The van der Waals surface area contributed by atoms with Crippen LogP contribution in [-0.2, 0) is 121 Å². The number of aryl methyl sites for hydroxylation is 2. The molecule has 54 heteroatoms. The number of fused-ring (bicyclic) bond motifs is 2. The zero-order chi connectivity index (χ0) is 78.7. The number of rotatable bonds is 31. The maximum Gasteiger partial charge on any atom is 0.386 e. The Morgan fingerprint density at radius 3 is 1.28 bits per heavy atom. The number of nitrogens with two attached hydrogens (primary N) is 3. The number of nitrogens with one attached hydrogen (secondary N) is 4. The van der Waals surface area contributed by atoms with E-state index in [2.05, 4.69) is 57.1 Å². The van der Waals surface area contributed by atoms with Crippen LogP contribution in [0.1, 0.15) is 102 Å². The smallest absolute Gasteiger partial charge is 0.383 e. The van der Waals surface area contributed by atoms with Crippen LogP contribution in [0.5, 0.6) is 0 Å². The van der Waals surface area contributed by atoms with Crippen molar-refractivity contribution in [1.82, 2.24) is 67.7 Å². The summed E-state index contributed by atoms with van der Waals surface area (Å²) >= 11 is 26.2. The summed E-state index contributed by atoms with van der Waals surface area (Å²) in [5.74, 6) is -0.763. The monoisotopic (exact) mass is 1720 g/mol. The van der Waals surface area contributed by atoms with Crippen LogP contribution in [-0.4, -0.2) is 181 Å². The maximum atomic E-state index is 14.8. The summed E-state index contributed by atoms with van der Waals surface area (Å²) in [7, 11) is 0. The molecule has 0 amide bonds. The Bertz CT molecular complexity index is 5280. The average molecular weight is 1720 g/mol. The number of thiol groups is 1. The van der Waals surface area contributed by atoms with Crippen LogP contribution in [0.2, 0.25) is 0 Å². The molecule has 109 heavy (non-hydrogen) atoms. The predicted octanol–water partition coefficient (Wildman–Crippen LogP) is 1.64. The first kappa shape index (κ1) is 83.2. The summed E-state index contributed by atoms with van der Waals surface area (Å²) in [5.41, 5.74) is 12.2. The van der Waals surface area contributed by atoms with Gasteiger partial charge in [-0.05, 0) is 99.2 Å². The molecule has 0 aliphatic carbocycles. The highest BCUT2D eigenvalue weighted by Crippen LogP contribution is 2.59. The minimum Gasteiger partial charge on any atom is -0.383 e. The standard InChI is InChI=1S/C55H76N17O27P5S5/c1-23(2)27-9-38(68-8-7-37(56)61-53(68)77)90-32(27)16-85-101(81,106)96-28-10-39(69-14-25(5)47(73)66-54(69)78)91-33(28)18-87-104(84,109)99-31-13-42(72-22-60-44-46(72)63-52(58)65-50(44)76)94-36(31)20-89-102(82,107)97-29-11-40(70-15-26(6)48(74)67-55(70)79)92-34(29)19-88-103(83,108)98-30-12-41(93-35(30)17-86-100(80,105)95-24(3)4)71-21-59-43-45(71)62-51(57)64-49(43)75/h7-8,14-15,21-24,27-36,38-42H,9-13,16-20H2,1-6H3,(H,80,105)(H,81,106)(H,82,107)(H,83,108)(H,84,109)(H2,56,61,77)(H,66,73,78)(H,67,74,79)(H3,57,62,64,75)(H3,58,63,65,76)/t27-,28+,29+,30+,31+,32+,33+,34+,35+,36+,38+,39+,40+,41+,42+,100?,101?,102?,103?,104?/m0/s1. The molecule has 5 unspecified atom stereocenters. The van der Waals surface area contributed by atoms with E-state index < -0.39 is 192 Å². The van der Waals surface area contributed by atoms with Crippen LogP contribution in [0.4, 0.5) is 17.7 Å². The second-order valence-electron chi connectivity index (χ2n) is 26.3. The zero-order valence-corrected chi connectivity index (χ0v) is 66.7. The van der Waals surface area contributed by atoms with Crippen LogP contribution in [0, 0.1) is 25.7 Å². The van der Waals surface area contributed by atoms with Crippen LogP contribution < -0.4 is 56.5 Å². The van der Waals surface area contributed by atoms with Gasteiger partial charge in [0.25, 0.3) is 22.2 Å². The van der Waals surface area contributed by atoms with Crippen LogP contribution in [0.25, 0.3) is 22.3 Å². The molecule has 7 aromatic rings. The quantitative estimate of drug-likeness (QED) is 0.0217. The van der Waals surface area contributed by atoms with Gasteiger partial charge in [0.2, 0.25) is 11.9 Å². The molecule has 12 heterocycles. The minimum atomic E-state index is -4.75. The van der Waals surface area contributed by atoms with Gasteiger partial charge in [-0.3, -0.25) is 71.0 Å². The Morgan fingerprint density at radius 2 is 0.881 bits per heavy atom. The van der Waals surface area contributed by atoms with Gasteiger partial charge < -0.3 is 96.6 Å². The van der Waals surface area contributed by atoms with Crippen molar-refractivity contribution < 1.29 is 93.1 Å². The molecule has 0 bridgehead atoms. The van der Waals surface area contributed by atoms with Crippen molar-refractivity contribution in [3.8, 4) is 0 Å². The summed E-state index contributed by atoms with van der Waals surface area (Å²) in [6.45, 7) is -15.2. The third-order valence-corrected chi connectivity index (χ3v) is 26.0. The van der Waals surface area contributed by atoms with E-state index in [1.54, 1.807) is 13.8 Å².